The lowest BCUT2D eigenvalue weighted by molar-refractivity contribution is -0.576. The van der Waals surface area contributed by atoms with E-state index in [1.54, 1.807) is 11.1 Å². The summed E-state index contributed by atoms with van der Waals surface area (Å²) in [5, 5.41) is 0. The minimum Gasteiger partial charge on any atom is -0.319 e. The van der Waals surface area contributed by atoms with Gasteiger partial charge in [-0.1, -0.05) is 71.9 Å². The van der Waals surface area contributed by atoms with Gasteiger partial charge < -0.3 is 9.13 Å². The molecule has 2 heteroatoms. The molecule has 0 spiro atoms. The molecular weight excluding hydrogens is 352 g/mol. The van der Waals surface area contributed by atoms with E-state index in [2.05, 4.69) is 101 Å². The zero-order valence-electron chi connectivity index (χ0n) is 19.3. The van der Waals surface area contributed by atoms with Gasteiger partial charge in [-0.2, -0.15) is 0 Å². The maximum atomic E-state index is 3.71. The van der Waals surface area contributed by atoms with Crippen molar-refractivity contribution in [1.29, 1.82) is 0 Å². The topological polar surface area (TPSA) is 8.81 Å². The minimum atomic E-state index is -0.0398. The Morgan fingerprint density at radius 2 is 1.55 bits per heavy atom. The van der Waals surface area contributed by atoms with Gasteiger partial charge in [0, 0.05) is 5.41 Å². The van der Waals surface area contributed by atoms with Crippen molar-refractivity contribution < 1.29 is 4.57 Å². The van der Waals surface area contributed by atoms with Gasteiger partial charge in [-0.05, 0) is 59.8 Å². The first-order valence-corrected chi connectivity index (χ1v) is 11.1. The molecule has 0 N–H and O–H groups in total. The van der Waals surface area contributed by atoms with Crippen molar-refractivity contribution in [1.82, 2.24) is 4.57 Å². The third-order valence-electron chi connectivity index (χ3n) is 7.73. The fourth-order valence-electron chi connectivity index (χ4n) is 5.94. The van der Waals surface area contributed by atoms with Crippen LogP contribution in [0.1, 0.15) is 96.5 Å². The van der Waals surface area contributed by atoms with Crippen LogP contribution in [0.5, 0.6) is 0 Å². The molecule has 1 aliphatic heterocycles. The smallest absolute Gasteiger partial charge is 0.244 e. The standard InChI is InChI=1S/C27H34N2/c1-17(2)28-16-29-20-13-12-18-22(26(5,6)15-14-25(18,3)4)23(20)27(7,8)19-10-9-11-21(28)24(19)29/h9-13,17H,14-15H2,1-8H3. The molecule has 0 amide bonds. The number of nitrogens with zero attached hydrogens (tertiary/aromatic N) is 2. The van der Waals surface area contributed by atoms with Crippen LogP contribution in [0.15, 0.2) is 30.3 Å². The van der Waals surface area contributed by atoms with E-state index in [0.29, 0.717) is 6.04 Å². The monoisotopic (exact) mass is 386 g/mol. The Morgan fingerprint density at radius 3 is 2.24 bits per heavy atom. The first kappa shape index (κ1) is 18.9. The van der Waals surface area contributed by atoms with E-state index in [1.165, 1.54) is 40.7 Å². The van der Waals surface area contributed by atoms with Crippen LogP contribution in [0.4, 0.5) is 0 Å². The number of rotatable bonds is 1. The predicted octanol–water partition coefficient (Wildman–Crippen LogP) is 6.29. The summed E-state index contributed by atoms with van der Waals surface area (Å²) >= 11 is 0. The fraction of sp³-hybridized carbons (Fsp3) is 0.519. The number of fused-ring (bicyclic) bond motifs is 4. The molecule has 2 aliphatic rings. The van der Waals surface area contributed by atoms with Crippen LogP contribution in [0.2, 0.25) is 0 Å². The summed E-state index contributed by atoms with van der Waals surface area (Å²) in [4.78, 5) is 0. The number of imidazole rings is 1. The van der Waals surface area contributed by atoms with Gasteiger partial charge in [0.1, 0.15) is 0 Å². The van der Waals surface area contributed by atoms with Crippen LogP contribution in [-0.2, 0) is 16.2 Å². The third-order valence-corrected chi connectivity index (χ3v) is 7.73. The summed E-state index contributed by atoms with van der Waals surface area (Å²) in [6.07, 6.45) is 6.19. The van der Waals surface area contributed by atoms with E-state index < -0.39 is 0 Å². The lowest BCUT2D eigenvalue weighted by atomic mass is 9.58. The van der Waals surface area contributed by atoms with E-state index in [0.717, 1.165) is 0 Å². The van der Waals surface area contributed by atoms with Gasteiger partial charge in [0.15, 0.2) is 0 Å². The molecule has 2 nitrogen and oxygen atoms in total. The first-order chi connectivity index (χ1) is 13.5. The summed E-state index contributed by atoms with van der Waals surface area (Å²) in [5.41, 5.74) is 10.4. The van der Waals surface area contributed by atoms with Crippen LogP contribution in [0.3, 0.4) is 0 Å². The van der Waals surface area contributed by atoms with Crippen LogP contribution in [-0.4, -0.2) is 4.57 Å². The summed E-state index contributed by atoms with van der Waals surface area (Å²) in [6.45, 7) is 19.1. The molecule has 2 heterocycles. The average Bonchev–Trinajstić information content (AvgIpc) is 3.04. The highest BCUT2D eigenvalue weighted by Crippen LogP contribution is 2.53. The molecule has 0 radical (unpaired) electrons. The molecule has 2 aromatic carbocycles. The summed E-state index contributed by atoms with van der Waals surface area (Å²) < 4.78 is 4.65. The molecule has 1 aromatic heterocycles. The highest BCUT2D eigenvalue weighted by atomic mass is 15.2. The molecule has 0 saturated carbocycles. The molecule has 0 bridgehead atoms. The highest BCUT2D eigenvalue weighted by molar-refractivity contribution is 5.81. The molecule has 0 unspecified atom stereocenters. The SMILES string of the molecule is CC(C)n1[c-][n+]2c3c(cccc31)C(C)(C)c1c-2ccc2c1C(C)(C)CCC2(C)C. The van der Waals surface area contributed by atoms with Crippen molar-refractivity contribution in [3.05, 3.63) is 58.9 Å². The van der Waals surface area contributed by atoms with E-state index >= 15 is 0 Å². The van der Waals surface area contributed by atoms with Gasteiger partial charge in [0.2, 0.25) is 6.33 Å². The largest absolute Gasteiger partial charge is 0.319 e. The quantitative estimate of drug-likeness (QED) is 0.343. The molecule has 0 saturated heterocycles. The second-order valence-electron chi connectivity index (χ2n) is 11.3. The minimum absolute atomic E-state index is 0.0398. The van der Waals surface area contributed by atoms with E-state index in [9.17, 15) is 0 Å². The molecule has 152 valence electrons. The Labute approximate surface area is 175 Å². The zero-order valence-corrected chi connectivity index (χ0v) is 19.3. The lowest BCUT2D eigenvalue weighted by Gasteiger charge is -2.48. The summed E-state index contributed by atoms with van der Waals surface area (Å²) in [7, 11) is 0. The molecule has 3 aromatic rings. The van der Waals surface area contributed by atoms with Gasteiger partial charge in [-0.25, -0.2) is 0 Å². The van der Waals surface area contributed by atoms with Gasteiger partial charge >= 0.3 is 0 Å². The number of hydrogen-bond acceptors (Lipinski definition) is 0. The summed E-state index contributed by atoms with van der Waals surface area (Å²) in [5.74, 6) is 0. The van der Waals surface area contributed by atoms with Gasteiger partial charge in [0.25, 0.3) is 0 Å². The molecule has 5 rings (SSSR count). The maximum absolute atomic E-state index is 3.71. The van der Waals surface area contributed by atoms with Crippen LogP contribution >= 0.6 is 0 Å². The second kappa shape index (κ2) is 5.53. The number of benzene rings is 2. The Kier molecular flexibility index (Phi) is 3.61. The molecule has 1 aliphatic carbocycles. The number of hydrogen-bond donors (Lipinski definition) is 0. The Morgan fingerprint density at radius 1 is 0.862 bits per heavy atom. The Hall–Kier alpha value is -2.09. The number of aromatic nitrogens is 2. The predicted molar refractivity (Wildman–Crippen MR) is 120 cm³/mol. The van der Waals surface area contributed by atoms with Crippen molar-refractivity contribution in [3.8, 4) is 5.69 Å². The lowest BCUT2D eigenvalue weighted by Crippen LogP contribution is -2.45. The highest BCUT2D eigenvalue weighted by Gasteiger charge is 2.44. The third kappa shape index (κ3) is 2.32. The van der Waals surface area contributed by atoms with Crippen LogP contribution < -0.4 is 4.57 Å². The van der Waals surface area contributed by atoms with Crippen molar-refractivity contribution >= 4 is 11.0 Å². The van der Waals surface area contributed by atoms with Crippen molar-refractivity contribution in [2.45, 2.75) is 90.5 Å². The van der Waals surface area contributed by atoms with Gasteiger partial charge in [0.05, 0.1) is 22.8 Å². The average molecular weight is 387 g/mol. The molecule has 0 atom stereocenters. The second-order valence-corrected chi connectivity index (χ2v) is 11.3. The maximum Gasteiger partial charge on any atom is 0.244 e. The normalized spacial score (nSPS) is 20.6. The van der Waals surface area contributed by atoms with E-state index in [-0.39, 0.29) is 16.2 Å². The molecule has 0 fully saturated rings. The van der Waals surface area contributed by atoms with Crippen LogP contribution in [0.25, 0.3) is 16.7 Å². The van der Waals surface area contributed by atoms with Crippen molar-refractivity contribution in [2.24, 2.45) is 0 Å². The Balaban J connectivity index is 1.96. The summed E-state index contributed by atoms with van der Waals surface area (Å²) in [6, 6.07) is 12.0. The van der Waals surface area contributed by atoms with Crippen molar-refractivity contribution in [2.75, 3.05) is 0 Å². The first-order valence-electron chi connectivity index (χ1n) is 11.1. The Bertz CT molecular complexity index is 1150. The van der Waals surface area contributed by atoms with E-state index in [4.69, 9.17) is 0 Å². The molecular formula is C27H34N2. The van der Waals surface area contributed by atoms with Gasteiger partial charge in [-0.3, -0.25) is 0 Å². The molecule has 29 heavy (non-hydrogen) atoms. The van der Waals surface area contributed by atoms with E-state index in [1.807, 2.05) is 0 Å². The van der Waals surface area contributed by atoms with Gasteiger partial charge in [-0.15, -0.1) is 0 Å². The van der Waals surface area contributed by atoms with Crippen molar-refractivity contribution in [3.63, 3.8) is 0 Å². The zero-order chi connectivity index (χ0) is 20.9. The number of para-hydroxylation sites is 1. The van der Waals surface area contributed by atoms with Crippen LogP contribution in [0, 0.1) is 6.33 Å². The fourth-order valence-corrected chi connectivity index (χ4v) is 5.94.